The van der Waals surface area contributed by atoms with E-state index in [1.54, 1.807) is 67.4 Å². The molecule has 2 atom stereocenters. The minimum absolute atomic E-state index is 0.0899. The summed E-state index contributed by atoms with van der Waals surface area (Å²) >= 11 is 1.18. The summed E-state index contributed by atoms with van der Waals surface area (Å²) in [5, 5.41) is 22.0. The summed E-state index contributed by atoms with van der Waals surface area (Å²) in [5.41, 5.74) is 7.16. The second-order valence-electron chi connectivity index (χ2n) is 25.7. The van der Waals surface area contributed by atoms with Gasteiger partial charge in [-0.1, -0.05) is 42.5 Å². The second kappa shape index (κ2) is 31.5. The molecule has 0 saturated carbocycles. The van der Waals surface area contributed by atoms with E-state index in [1.165, 1.54) is 38.9 Å². The van der Waals surface area contributed by atoms with Gasteiger partial charge in [-0.15, -0.1) is 16.4 Å². The number of carbonyl (C=O) groups excluding carboxylic acids is 6. The number of aromatic nitrogens is 8. The number of nitrogens with one attached hydrogen (secondary N) is 4. The number of ether oxygens (including phenoxy) is 5. The zero-order chi connectivity index (χ0) is 71.6. The van der Waals surface area contributed by atoms with Crippen molar-refractivity contribution in [3.63, 3.8) is 0 Å². The number of carbonyl (C=O) groups is 6. The standard InChI is InChI=1S/C66H82N14O16S3/c1-10-66(49-29-53-56-47(34-79(53)60(85)48(49)36-93-61(66)86)45(46-15-11-12-16-50(46)73-56)22-26-80(40(2)3)99(9,90)91)96-63(87)94-35-41-18-20-43(21-19-41)71-58(84)51(17-13-14-25-67)72-54(81)37-92-38-55(82)75-64(4,5)24-28-95-65(6,7)23-27-78-33-44(76-77-78)32-68-57(83)52-39-97-59(74-52)42-30-69-62(70-31-42)98(8,88)89/h11-12,15-16,18-21,29-31,33,39-40,51H,10,13-14,17,22-28,32,34-38,67H2,1-9H3,(H,68,83)(H,71,84)(H,72,81)(H,75,82)/t51-,66-/m0/s1. The highest BCUT2D eigenvalue weighted by Crippen LogP contribution is 2.43. The number of pyridine rings is 2. The average molecular weight is 1420 g/mol. The molecule has 0 unspecified atom stereocenters. The topological polar surface area (TPSA) is 398 Å². The van der Waals surface area contributed by atoms with E-state index in [4.69, 9.17) is 34.4 Å². The minimum atomic E-state index is -3.57. The van der Waals surface area contributed by atoms with Crippen molar-refractivity contribution in [3.05, 3.63) is 128 Å². The summed E-state index contributed by atoms with van der Waals surface area (Å²) in [6.07, 6.45) is 7.87. The van der Waals surface area contributed by atoms with Gasteiger partial charge in [0.05, 0.1) is 53.6 Å². The number of rotatable bonds is 33. The first-order chi connectivity index (χ1) is 46.9. The van der Waals surface area contributed by atoms with E-state index in [1.807, 2.05) is 52.0 Å². The number of thiazole rings is 1. The van der Waals surface area contributed by atoms with Crippen molar-refractivity contribution in [3.8, 4) is 22.0 Å². The lowest BCUT2D eigenvalue weighted by atomic mass is 9.85. The van der Waals surface area contributed by atoms with Gasteiger partial charge in [-0.25, -0.2) is 46.4 Å². The van der Waals surface area contributed by atoms with Gasteiger partial charge in [0.15, 0.2) is 0 Å². The van der Waals surface area contributed by atoms with Crippen LogP contribution in [0.3, 0.4) is 0 Å². The molecule has 2 aliphatic heterocycles. The molecule has 4 amide bonds. The highest BCUT2D eigenvalue weighted by atomic mass is 32.2. The largest absolute Gasteiger partial charge is 0.510 e. The molecule has 530 valence electrons. The van der Waals surface area contributed by atoms with E-state index in [0.29, 0.717) is 96.2 Å². The quantitative estimate of drug-likeness (QED) is 0.0200. The summed E-state index contributed by atoms with van der Waals surface area (Å²) < 4.78 is 82.2. The van der Waals surface area contributed by atoms with Crippen LogP contribution in [0.5, 0.6) is 0 Å². The molecular weight excluding hydrogens is 1340 g/mol. The van der Waals surface area contributed by atoms with Gasteiger partial charge in [0.2, 0.25) is 48.3 Å². The number of amides is 4. The zero-order valence-electron chi connectivity index (χ0n) is 56.5. The summed E-state index contributed by atoms with van der Waals surface area (Å²) in [6, 6.07) is 14.1. The van der Waals surface area contributed by atoms with Gasteiger partial charge in [0, 0.05) is 83.1 Å². The maximum Gasteiger partial charge on any atom is 0.510 e. The van der Waals surface area contributed by atoms with Crippen LogP contribution in [0.15, 0.2) is 88.5 Å². The third kappa shape index (κ3) is 18.7. The van der Waals surface area contributed by atoms with E-state index in [9.17, 15) is 50.4 Å². The first kappa shape index (κ1) is 74.2. The van der Waals surface area contributed by atoms with Crippen molar-refractivity contribution in [2.45, 2.75) is 160 Å². The number of sulfonamides is 1. The van der Waals surface area contributed by atoms with Gasteiger partial charge in [-0.05, 0) is 128 Å². The highest BCUT2D eigenvalue weighted by Gasteiger charge is 2.51. The molecule has 99 heavy (non-hydrogen) atoms. The molecule has 9 rings (SSSR count). The SMILES string of the molecule is CC[C@@]1(OC(=O)OCc2ccc(NC(=O)[C@H](CCCCN)NC(=O)COCC(=O)NC(C)(C)CCOC(C)(C)CCn3cc(CNC(=O)c4csc(-c5cnc(S(C)(=O)=O)nc5)n4)nn3)cc2)C(=O)OCc2c1cc1n(c2=O)Cc2c-1nc1ccccc1c2CCN(C(C)C)S(C)(=O)=O. The Hall–Kier alpha value is -8.99. The fraction of sp³-hybridized carbons (Fsp3) is 0.470. The molecule has 0 saturated heterocycles. The molecule has 0 aliphatic carbocycles. The van der Waals surface area contributed by atoms with Crippen molar-refractivity contribution in [1.29, 1.82) is 0 Å². The predicted molar refractivity (Wildman–Crippen MR) is 364 cm³/mol. The predicted octanol–water partition coefficient (Wildman–Crippen LogP) is 5.23. The number of sulfone groups is 1. The van der Waals surface area contributed by atoms with E-state index in [0.717, 1.165) is 22.8 Å². The van der Waals surface area contributed by atoms with E-state index in [2.05, 4.69) is 46.5 Å². The van der Waals surface area contributed by atoms with Gasteiger partial charge in [0.25, 0.3) is 11.5 Å². The Labute approximate surface area is 576 Å². The van der Waals surface area contributed by atoms with Gasteiger partial charge in [-0.3, -0.25) is 28.7 Å². The van der Waals surface area contributed by atoms with Gasteiger partial charge < -0.3 is 55.3 Å². The molecular formula is C66H82N14O16S3. The smallest absolute Gasteiger partial charge is 0.457 e. The highest BCUT2D eigenvalue weighted by molar-refractivity contribution is 7.90. The first-order valence-corrected chi connectivity index (χ1v) is 36.7. The molecule has 33 heteroatoms. The number of cyclic esters (lactones) is 1. The van der Waals surface area contributed by atoms with Crippen LogP contribution in [0, 0.1) is 0 Å². The molecule has 30 nitrogen and oxygen atoms in total. The molecule has 7 aromatic rings. The fourth-order valence-electron chi connectivity index (χ4n) is 11.5. The number of aryl methyl sites for hydroxylation is 1. The number of nitrogens with two attached hydrogens (primary N) is 1. The lowest BCUT2D eigenvalue weighted by Crippen LogP contribution is -2.47. The number of hydrogen-bond donors (Lipinski definition) is 5. The number of nitrogens with zero attached hydrogens (tertiary/aromatic N) is 9. The Morgan fingerprint density at radius 1 is 0.919 bits per heavy atom. The molecule has 2 aliphatic rings. The number of fused-ring (bicyclic) bond motifs is 5. The third-order valence-electron chi connectivity index (χ3n) is 16.8. The minimum Gasteiger partial charge on any atom is -0.457 e. The van der Waals surface area contributed by atoms with E-state index >= 15 is 0 Å². The van der Waals surface area contributed by atoms with Crippen LogP contribution in [0.25, 0.3) is 32.9 Å². The number of benzene rings is 2. The molecule has 0 radical (unpaired) electrons. The molecule has 0 fully saturated rings. The van der Waals surface area contributed by atoms with Crippen molar-refractivity contribution in [2.24, 2.45) is 5.73 Å². The number of para-hydroxylation sites is 1. The summed E-state index contributed by atoms with van der Waals surface area (Å²) in [7, 11) is -7.11. The van der Waals surface area contributed by atoms with Crippen molar-refractivity contribution >= 4 is 83.5 Å². The second-order valence-corrected chi connectivity index (χ2v) is 30.4. The van der Waals surface area contributed by atoms with Crippen LogP contribution in [0.4, 0.5) is 10.5 Å². The Morgan fingerprint density at radius 2 is 1.65 bits per heavy atom. The maximum atomic E-state index is 14.4. The number of unbranched alkanes of at least 4 members (excludes halogenated alkanes) is 1. The summed E-state index contributed by atoms with van der Waals surface area (Å²) in [4.78, 5) is 112. The monoisotopic (exact) mass is 1420 g/mol. The summed E-state index contributed by atoms with van der Waals surface area (Å²) in [5.74, 6) is -2.97. The molecule has 0 spiro atoms. The van der Waals surface area contributed by atoms with Crippen LogP contribution >= 0.6 is 11.3 Å². The molecule has 2 aromatic carbocycles. The summed E-state index contributed by atoms with van der Waals surface area (Å²) in [6.45, 7) is 12.6. The Kier molecular flexibility index (Phi) is 23.6. The first-order valence-electron chi connectivity index (χ1n) is 32.1. The molecule has 5 aromatic heterocycles. The average Bonchev–Trinajstić information content (AvgIpc) is 1.71. The maximum absolute atomic E-state index is 14.4. The van der Waals surface area contributed by atoms with Crippen molar-refractivity contribution < 1.29 is 69.3 Å². The van der Waals surface area contributed by atoms with Gasteiger partial charge >= 0.3 is 12.1 Å². The molecule has 7 heterocycles. The Balaban J connectivity index is 0.706. The Bertz CT molecular complexity index is 4440. The van der Waals surface area contributed by atoms with Crippen LogP contribution < -0.4 is 32.6 Å². The number of anilines is 1. The van der Waals surface area contributed by atoms with Crippen molar-refractivity contribution in [2.75, 3.05) is 50.7 Å². The number of esters is 1. The van der Waals surface area contributed by atoms with Crippen LogP contribution in [-0.4, -0.2) is 165 Å². The zero-order valence-corrected chi connectivity index (χ0v) is 59.0. The molecule has 6 N–H and O–H groups in total. The third-order valence-corrected chi connectivity index (χ3v) is 20.0. The van der Waals surface area contributed by atoms with Gasteiger partial charge in [-0.2, -0.15) is 4.31 Å². The lowest BCUT2D eigenvalue weighted by Gasteiger charge is -2.35. The lowest BCUT2D eigenvalue weighted by molar-refractivity contribution is -0.175. The molecule has 0 bridgehead atoms. The van der Waals surface area contributed by atoms with E-state index < -0.39 is 97.2 Å². The van der Waals surface area contributed by atoms with E-state index in [-0.39, 0.29) is 73.7 Å². The normalized spacial score (nSPS) is 14.8. The Morgan fingerprint density at radius 3 is 2.34 bits per heavy atom. The van der Waals surface area contributed by atoms with Gasteiger partial charge in [0.1, 0.15) is 48.9 Å². The fourth-order valence-corrected chi connectivity index (χ4v) is 13.9. The van der Waals surface area contributed by atoms with Crippen LogP contribution in [-0.2, 0) is 108 Å². The van der Waals surface area contributed by atoms with Crippen LogP contribution in [0.1, 0.15) is 131 Å². The van der Waals surface area contributed by atoms with Crippen molar-refractivity contribution in [1.82, 2.24) is 59.8 Å². The number of hydrogen-bond acceptors (Lipinski definition) is 24. The van der Waals surface area contributed by atoms with Crippen LogP contribution in [0.2, 0.25) is 0 Å².